The third-order valence-electron chi connectivity index (χ3n) is 5.95. The van der Waals surface area contributed by atoms with E-state index in [1.807, 2.05) is 0 Å². The van der Waals surface area contributed by atoms with Gasteiger partial charge < -0.3 is 5.43 Å². The molecule has 0 aromatic carbocycles. The van der Waals surface area contributed by atoms with Crippen molar-refractivity contribution < 1.29 is 0 Å². The highest BCUT2D eigenvalue weighted by Gasteiger charge is 2.47. The largest absolute Gasteiger partial charge is 0.320 e. The molecule has 1 aliphatic heterocycles. The Morgan fingerprint density at radius 1 is 1.33 bits per heavy atom. The van der Waals surface area contributed by atoms with Gasteiger partial charge in [-0.2, -0.15) is 0 Å². The van der Waals surface area contributed by atoms with Crippen molar-refractivity contribution in [2.24, 2.45) is 5.92 Å². The highest BCUT2D eigenvalue weighted by Crippen LogP contribution is 2.51. The molecule has 4 rings (SSSR count). The number of fused-ring (bicyclic) bond motifs is 3. The highest BCUT2D eigenvalue weighted by atomic mass is 15.4. The van der Waals surface area contributed by atoms with Crippen LogP contribution < -0.4 is 10.9 Å². The maximum absolute atomic E-state index is 3.99. The van der Waals surface area contributed by atoms with Gasteiger partial charge in [-0.3, -0.25) is 0 Å². The van der Waals surface area contributed by atoms with E-state index in [4.69, 9.17) is 0 Å². The van der Waals surface area contributed by atoms with Crippen molar-refractivity contribution >= 4 is 0 Å². The molecule has 1 heterocycles. The van der Waals surface area contributed by atoms with Crippen molar-refractivity contribution in [2.45, 2.75) is 63.8 Å². The van der Waals surface area contributed by atoms with Crippen LogP contribution in [0, 0.1) is 5.92 Å². The average molecular weight is 282 g/mol. The number of hydrogen-bond acceptors (Lipinski definition) is 2. The fourth-order valence-corrected chi connectivity index (χ4v) is 4.86. The molecular weight excluding hydrogens is 256 g/mol. The second kappa shape index (κ2) is 4.88. The van der Waals surface area contributed by atoms with Gasteiger partial charge in [0.15, 0.2) is 0 Å². The number of nitrogens with one attached hydrogen (secondary N) is 2. The Morgan fingerprint density at radius 3 is 2.86 bits per heavy atom. The van der Waals surface area contributed by atoms with Crippen LogP contribution in [-0.4, -0.2) is 5.54 Å². The molecular formula is C19H26N2. The summed E-state index contributed by atoms with van der Waals surface area (Å²) in [5.41, 5.74) is 15.3. The topological polar surface area (TPSA) is 24.1 Å². The first-order chi connectivity index (χ1) is 10.3. The fourth-order valence-electron chi connectivity index (χ4n) is 4.86. The highest BCUT2D eigenvalue weighted by molar-refractivity contribution is 5.56. The van der Waals surface area contributed by atoms with Crippen LogP contribution in [0.3, 0.4) is 0 Å². The molecule has 1 saturated carbocycles. The van der Waals surface area contributed by atoms with Gasteiger partial charge in [-0.15, -0.1) is 0 Å². The van der Waals surface area contributed by atoms with E-state index in [-0.39, 0.29) is 5.54 Å². The molecule has 1 unspecified atom stereocenters. The van der Waals surface area contributed by atoms with Crippen LogP contribution in [0.5, 0.6) is 0 Å². The van der Waals surface area contributed by atoms with E-state index in [1.54, 1.807) is 16.7 Å². The van der Waals surface area contributed by atoms with Gasteiger partial charge in [0, 0.05) is 5.92 Å². The van der Waals surface area contributed by atoms with Crippen molar-refractivity contribution in [3.05, 3.63) is 46.7 Å². The van der Waals surface area contributed by atoms with Crippen LogP contribution in [-0.2, 0) is 0 Å². The summed E-state index contributed by atoms with van der Waals surface area (Å²) in [4.78, 5) is 0. The summed E-state index contributed by atoms with van der Waals surface area (Å²) in [6, 6.07) is 0. The van der Waals surface area contributed by atoms with Gasteiger partial charge in [-0.05, 0) is 48.8 Å². The molecule has 2 heteroatoms. The Balaban J connectivity index is 1.83. The molecule has 3 aliphatic carbocycles. The zero-order valence-corrected chi connectivity index (χ0v) is 13.1. The molecule has 0 aromatic rings. The lowest BCUT2D eigenvalue weighted by Crippen LogP contribution is -2.46. The quantitative estimate of drug-likeness (QED) is 0.789. The van der Waals surface area contributed by atoms with Gasteiger partial charge in [0.1, 0.15) is 0 Å². The van der Waals surface area contributed by atoms with Crippen LogP contribution in [0.4, 0.5) is 0 Å². The molecule has 2 fully saturated rings. The molecule has 2 nitrogen and oxygen atoms in total. The molecule has 4 aliphatic rings. The van der Waals surface area contributed by atoms with E-state index < -0.39 is 0 Å². The van der Waals surface area contributed by atoms with Gasteiger partial charge in [0.2, 0.25) is 0 Å². The molecule has 0 bridgehead atoms. The van der Waals surface area contributed by atoms with Crippen molar-refractivity contribution in [1.29, 1.82) is 0 Å². The summed E-state index contributed by atoms with van der Waals surface area (Å²) in [5.74, 6) is 0.632. The molecule has 0 aromatic heterocycles. The van der Waals surface area contributed by atoms with Crippen LogP contribution in [0.1, 0.15) is 58.3 Å². The lowest BCUT2D eigenvalue weighted by atomic mass is 9.70. The molecule has 112 valence electrons. The van der Waals surface area contributed by atoms with Crippen molar-refractivity contribution in [2.75, 3.05) is 0 Å². The lowest BCUT2D eigenvalue weighted by molar-refractivity contribution is 0.287. The van der Waals surface area contributed by atoms with Gasteiger partial charge in [0.25, 0.3) is 0 Å². The Labute approximate surface area is 128 Å². The van der Waals surface area contributed by atoms with E-state index in [2.05, 4.69) is 36.5 Å². The lowest BCUT2D eigenvalue weighted by Gasteiger charge is -2.37. The summed E-state index contributed by atoms with van der Waals surface area (Å²) in [7, 11) is 0. The Bertz CT molecular complexity index is 570. The molecule has 21 heavy (non-hydrogen) atoms. The smallest absolute Gasteiger partial charge is 0.0639 e. The number of hydrazine groups is 1. The Kier molecular flexibility index (Phi) is 3.11. The van der Waals surface area contributed by atoms with E-state index >= 15 is 0 Å². The molecule has 2 N–H and O–H groups in total. The number of allylic oxidation sites excluding steroid dienone is 5. The average Bonchev–Trinajstić information content (AvgIpc) is 3.09. The second-order valence-electron chi connectivity index (χ2n) is 7.06. The van der Waals surface area contributed by atoms with Crippen LogP contribution in [0.25, 0.3) is 0 Å². The van der Waals surface area contributed by atoms with Crippen molar-refractivity contribution in [3.8, 4) is 0 Å². The summed E-state index contributed by atoms with van der Waals surface area (Å²) in [5, 5.41) is 0. The third-order valence-corrected chi connectivity index (χ3v) is 5.95. The van der Waals surface area contributed by atoms with Gasteiger partial charge in [-0.25, -0.2) is 5.43 Å². The normalized spacial score (nSPS) is 30.1. The SMILES string of the molecule is C=CC1=CC2CC(CC)=C3NNC4(CCCCC4)C3=C2C1. The first-order valence-electron chi connectivity index (χ1n) is 8.59. The van der Waals surface area contributed by atoms with E-state index in [0.29, 0.717) is 5.92 Å². The maximum Gasteiger partial charge on any atom is 0.0639 e. The van der Waals surface area contributed by atoms with Crippen LogP contribution in [0.15, 0.2) is 46.7 Å². The van der Waals surface area contributed by atoms with E-state index in [1.165, 1.54) is 49.8 Å². The summed E-state index contributed by atoms with van der Waals surface area (Å²) >= 11 is 0. The zero-order valence-electron chi connectivity index (χ0n) is 13.1. The van der Waals surface area contributed by atoms with Crippen LogP contribution >= 0.6 is 0 Å². The van der Waals surface area contributed by atoms with E-state index in [9.17, 15) is 0 Å². The molecule has 1 spiro atoms. The first-order valence-corrected chi connectivity index (χ1v) is 8.59. The zero-order chi connectivity index (χ0) is 14.4. The monoisotopic (exact) mass is 282 g/mol. The van der Waals surface area contributed by atoms with Crippen LogP contribution in [0.2, 0.25) is 0 Å². The van der Waals surface area contributed by atoms with Crippen molar-refractivity contribution in [3.63, 3.8) is 0 Å². The van der Waals surface area contributed by atoms with E-state index in [0.717, 1.165) is 12.8 Å². The van der Waals surface area contributed by atoms with Gasteiger partial charge in [-0.1, -0.05) is 50.5 Å². The number of hydrogen-bond donors (Lipinski definition) is 2. The standard InChI is InChI=1S/C19H26N2/c1-3-13-10-15-12-14(4-2)18-17(16(15)11-13)19(21-20-18)8-6-5-7-9-19/h3,10,15,20-21H,1,4-9,11-12H2,2H3. The summed E-state index contributed by atoms with van der Waals surface area (Å²) in [6.07, 6.45) is 14.7. The summed E-state index contributed by atoms with van der Waals surface area (Å²) in [6.45, 7) is 6.29. The van der Waals surface area contributed by atoms with Gasteiger partial charge in [0.05, 0.1) is 11.2 Å². The minimum atomic E-state index is 0.215. The predicted octanol–water partition coefficient (Wildman–Crippen LogP) is 4.29. The van der Waals surface area contributed by atoms with Crippen molar-refractivity contribution in [1.82, 2.24) is 10.9 Å². The van der Waals surface area contributed by atoms with Gasteiger partial charge >= 0.3 is 0 Å². The fraction of sp³-hybridized carbons (Fsp3) is 0.579. The minimum absolute atomic E-state index is 0.215. The molecule has 1 atom stereocenters. The molecule has 0 amide bonds. The Hall–Kier alpha value is -1.28. The minimum Gasteiger partial charge on any atom is -0.320 e. The molecule has 1 saturated heterocycles. The Morgan fingerprint density at radius 2 is 2.14 bits per heavy atom. The maximum atomic E-state index is 3.99. The first kappa shape index (κ1) is 13.4. The molecule has 0 radical (unpaired) electrons. The third kappa shape index (κ3) is 1.88. The second-order valence-corrected chi connectivity index (χ2v) is 7.06. The summed E-state index contributed by atoms with van der Waals surface area (Å²) < 4.78 is 0. The predicted molar refractivity (Wildman–Crippen MR) is 87.4 cm³/mol. The number of rotatable bonds is 2.